The smallest absolute Gasteiger partial charge is 0.242 e. The third-order valence-corrected chi connectivity index (χ3v) is 4.72. The molecular formula is C14H24N6O2S. The van der Waals surface area contributed by atoms with E-state index in [1.54, 1.807) is 4.90 Å². The number of rotatable bonds is 5. The number of carbonyl (C=O) groups is 2. The van der Waals surface area contributed by atoms with Crippen LogP contribution in [-0.4, -0.2) is 64.8 Å². The quantitative estimate of drug-likeness (QED) is 0.755. The van der Waals surface area contributed by atoms with Crippen LogP contribution in [0, 0.1) is 12.8 Å². The minimum atomic E-state index is -0.583. The van der Waals surface area contributed by atoms with Crippen LogP contribution in [0.2, 0.25) is 0 Å². The average Bonchev–Trinajstić information content (AvgIpc) is 2.98. The molecule has 9 heteroatoms. The number of carbonyl (C=O) groups excluding carboxylic acids is 2. The Kier molecular flexibility index (Phi) is 5.89. The average molecular weight is 340 g/mol. The molecule has 23 heavy (non-hydrogen) atoms. The van der Waals surface area contributed by atoms with Gasteiger partial charge in [-0.15, -0.1) is 0 Å². The Labute approximate surface area is 140 Å². The number of aryl methyl sites for hydroxylation is 1. The van der Waals surface area contributed by atoms with Gasteiger partial charge in [-0.1, -0.05) is 13.8 Å². The molecule has 0 aromatic carbocycles. The maximum atomic E-state index is 12.2. The molecule has 1 aromatic heterocycles. The maximum absolute atomic E-state index is 12.2. The first-order valence-electron chi connectivity index (χ1n) is 7.75. The van der Waals surface area contributed by atoms with Crippen LogP contribution >= 0.6 is 11.5 Å². The minimum absolute atomic E-state index is 0.00281. The fraction of sp³-hybridized carbons (Fsp3) is 0.714. The first-order valence-corrected chi connectivity index (χ1v) is 8.52. The molecule has 1 aliphatic rings. The van der Waals surface area contributed by atoms with Crippen molar-refractivity contribution in [2.45, 2.75) is 26.8 Å². The van der Waals surface area contributed by atoms with E-state index in [4.69, 9.17) is 5.73 Å². The van der Waals surface area contributed by atoms with Gasteiger partial charge in [0.05, 0.1) is 12.6 Å². The maximum Gasteiger partial charge on any atom is 0.242 e. The van der Waals surface area contributed by atoms with E-state index in [2.05, 4.69) is 19.6 Å². The van der Waals surface area contributed by atoms with Gasteiger partial charge in [-0.2, -0.15) is 4.37 Å². The lowest BCUT2D eigenvalue weighted by Crippen LogP contribution is -2.52. The van der Waals surface area contributed by atoms with Crippen LogP contribution in [0.5, 0.6) is 0 Å². The molecule has 1 fully saturated rings. The minimum Gasteiger partial charge on any atom is -0.346 e. The first kappa shape index (κ1) is 17.6. The zero-order chi connectivity index (χ0) is 17.0. The number of aromatic nitrogens is 2. The van der Waals surface area contributed by atoms with E-state index in [0.717, 1.165) is 24.0 Å². The number of nitrogens with zero attached hydrogens (tertiary/aromatic N) is 4. The lowest BCUT2D eigenvalue weighted by Gasteiger charge is -2.34. The number of piperazine rings is 1. The number of nitrogens with one attached hydrogen (secondary N) is 1. The standard InChI is InChI=1S/C14H24N6O2S/c1-9(2)12(15)13(22)16-8-11(21)19-4-6-20(7-5-19)14-17-10(3)18-23-14/h9,12H,4-8,15H2,1-3H3,(H,16,22)/t12-/m0/s1. The lowest BCUT2D eigenvalue weighted by molar-refractivity contribution is -0.133. The van der Waals surface area contributed by atoms with E-state index in [1.807, 2.05) is 20.8 Å². The number of amides is 2. The molecule has 128 valence electrons. The van der Waals surface area contributed by atoms with Crippen molar-refractivity contribution in [2.75, 3.05) is 37.6 Å². The summed E-state index contributed by atoms with van der Waals surface area (Å²) >= 11 is 1.38. The van der Waals surface area contributed by atoms with Gasteiger partial charge in [0, 0.05) is 37.7 Å². The predicted molar refractivity (Wildman–Crippen MR) is 89.3 cm³/mol. The Balaban J connectivity index is 1.76. The highest BCUT2D eigenvalue weighted by atomic mass is 32.1. The van der Waals surface area contributed by atoms with Gasteiger partial charge in [0.25, 0.3) is 0 Å². The first-order chi connectivity index (χ1) is 10.9. The van der Waals surface area contributed by atoms with Gasteiger partial charge < -0.3 is 20.9 Å². The van der Waals surface area contributed by atoms with Crippen LogP contribution in [0.4, 0.5) is 5.13 Å². The van der Waals surface area contributed by atoms with Crippen molar-refractivity contribution in [3.8, 4) is 0 Å². The summed E-state index contributed by atoms with van der Waals surface area (Å²) in [5, 5.41) is 3.51. The van der Waals surface area contributed by atoms with Gasteiger partial charge in [-0.05, 0) is 12.8 Å². The highest BCUT2D eigenvalue weighted by molar-refractivity contribution is 7.09. The molecule has 8 nitrogen and oxygen atoms in total. The van der Waals surface area contributed by atoms with Crippen molar-refractivity contribution in [1.82, 2.24) is 19.6 Å². The van der Waals surface area contributed by atoms with Crippen molar-refractivity contribution < 1.29 is 9.59 Å². The highest BCUT2D eigenvalue weighted by Crippen LogP contribution is 2.18. The molecular weight excluding hydrogens is 316 g/mol. The molecule has 0 bridgehead atoms. The molecule has 0 radical (unpaired) electrons. The molecule has 0 unspecified atom stereocenters. The Morgan fingerprint density at radius 3 is 2.48 bits per heavy atom. The number of hydrogen-bond acceptors (Lipinski definition) is 7. The van der Waals surface area contributed by atoms with Gasteiger partial charge in [-0.3, -0.25) is 9.59 Å². The topological polar surface area (TPSA) is 104 Å². The molecule has 2 amide bonds. The van der Waals surface area contributed by atoms with Gasteiger partial charge in [-0.25, -0.2) is 4.98 Å². The fourth-order valence-electron chi connectivity index (χ4n) is 2.26. The second-order valence-corrected chi connectivity index (χ2v) is 6.71. The Morgan fingerprint density at radius 1 is 1.30 bits per heavy atom. The lowest BCUT2D eigenvalue weighted by atomic mass is 10.1. The second kappa shape index (κ2) is 7.69. The van der Waals surface area contributed by atoms with E-state index in [-0.39, 0.29) is 24.3 Å². The Morgan fingerprint density at radius 2 is 1.96 bits per heavy atom. The summed E-state index contributed by atoms with van der Waals surface area (Å²) in [7, 11) is 0. The van der Waals surface area contributed by atoms with Crippen molar-refractivity contribution in [1.29, 1.82) is 0 Å². The molecule has 1 aliphatic heterocycles. The number of anilines is 1. The van der Waals surface area contributed by atoms with E-state index >= 15 is 0 Å². The van der Waals surface area contributed by atoms with Crippen LogP contribution in [0.1, 0.15) is 19.7 Å². The van der Waals surface area contributed by atoms with Crippen molar-refractivity contribution in [3.63, 3.8) is 0 Å². The normalized spacial score (nSPS) is 16.6. The van der Waals surface area contributed by atoms with Gasteiger partial charge in [0.15, 0.2) is 0 Å². The zero-order valence-electron chi connectivity index (χ0n) is 13.8. The summed E-state index contributed by atoms with van der Waals surface area (Å²) in [5.41, 5.74) is 5.75. The zero-order valence-corrected chi connectivity index (χ0v) is 14.6. The summed E-state index contributed by atoms with van der Waals surface area (Å²) in [6.45, 7) is 8.29. The monoisotopic (exact) mass is 340 g/mol. The predicted octanol–water partition coefficient (Wildman–Crippen LogP) is -0.405. The highest BCUT2D eigenvalue weighted by Gasteiger charge is 2.24. The largest absolute Gasteiger partial charge is 0.346 e. The summed E-state index contributed by atoms with van der Waals surface area (Å²) < 4.78 is 4.17. The van der Waals surface area contributed by atoms with Crippen molar-refractivity contribution >= 4 is 28.5 Å². The third-order valence-electron chi connectivity index (χ3n) is 3.85. The van der Waals surface area contributed by atoms with Gasteiger partial charge >= 0.3 is 0 Å². The van der Waals surface area contributed by atoms with Crippen LogP contribution in [0.25, 0.3) is 0 Å². The molecule has 2 heterocycles. The summed E-state index contributed by atoms with van der Waals surface area (Å²) in [6, 6.07) is -0.583. The van der Waals surface area contributed by atoms with Gasteiger partial charge in [0.2, 0.25) is 16.9 Å². The van der Waals surface area contributed by atoms with Crippen LogP contribution < -0.4 is 16.0 Å². The molecule has 2 rings (SSSR count). The summed E-state index contributed by atoms with van der Waals surface area (Å²) in [4.78, 5) is 32.2. The van der Waals surface area contributed by atoms with E-state index in [1.165, 1.54) is 11.5 Å². The van der Waals surface area contributed by atoms with Crippen molar-refractivity contribution in [3.05, 3.63) is 5.82 Å². The number of nitrogens with two attached hydrogens (primary N) is 1. The molecule has 0 saturated carbocycles. The Bertz CT molecular complexity index is 553. The Hall–Kier alpha value is -1.74. The van der Waals surface area contributed by atoms with E-state index < -0.39 is 6.04 Å². The van der Waals surface area contributed by atoms with E-state index in [0.29, 0.717) is 13.1 Å². The number of hydrogen-bond donors (Lipinski definition) is 2. The third kappa shape index (κ3) is 4.61. The molecule has 1 atom stereocenters. The van der Waals surface area contributed by atoms with Crippen LogP contribution in [-0.2, 0) is 9.59 Å². The molecule has 0 spiro atoms. The van der Waals surface area contributed by atoms with Crippen molar-refractivity contribution in [2.24, 2.45) is 11.7 Å². The van der Waals surface area contributed by atoms with E-state index in [9.17, 15) is 9.59 Å². The fourth-order valence-corrected chi connectivity index (χ4v) is 2.98. The molecule has 1 saturated heterocycles. The van der Waals surface area contributed by atoms with Crippen LogP contribution in [0.3, 0.4) is 0 Å². The second-order valence-electron chi connectivity index (χ2n) is 5.98. The molecule has 0 aliphatic carbocycles. The molecule has 1 aromatic rings. The SMILES string of the molecule is Cc1nsc(N2CCN(C(=O)CNC(=O)[C@@H](N)C(C)C)CC2)n1. The molecule has 3 N–H and O–H groups in total. The summed E-state index contributed by atoms with van der Waals surface area (Å²) in [5.74, 6) is 0.454. The summed E-state index contributed by atoms with van der Waals surface area (Å²) in [6.07, 6.45) is 0. The van der Waals surface area contributed by atoms with Crippen LogP contribution in [0.15, 0.2) is 0 Å². The van der Waals surface area contributed by atoms with Gasteiger partial charge in [0.1, 0.15) is 5.82 Å².